The van der Waals surface area contributed by atoms with Crippen LogP contribution in [0, 0.1) is 0 Å². The van der Waals surface area contributed by atoms with Gasteiger partial charge in [-0.1, -0.05) is 30.4 Å². The highest BCUT2D eigenvalue weighted by molar-refractivity contribution is 7.07. The molecule has 1 atom stereocenters. The number of nitrogens with zero attached hydrogens (tertiary/aromatic N) is 2. The molecule has 0 spiro atoms. The first-order chi connectivity index (χ1) is 20.7. The summed E-state index contributed by atoms with van der Waals surface area (Å²) in [6.07, 6.45) is 1.88. The lowest BCUT2D eigenvalue weighted by Crippen LogP contribution is -2.39. The lowest BCUT2D eigenvalue weighted by atomic mass is 9.91. The van der Waals surface area contributed by atoms with Gasteiger partial charge in [0.2, 0.25) is 5.75 Å². The molecule has 1 aliphatic heterocycles. The Kier molecular flexibility index (Phi) is 8.36. The number of methoxy groups -OCH3 is 4. The number of thiazole rings is 1. The molecule has 4 aromatic rings. The molecular formula is C32H30N2O8S. The van der Waals surface area contributed by atoms with Crippen molar-refractivity contribution in [1.82, 2.24) is 4.57 Å². The molecule has 0 saturated carbocycles. The number of furan rings is 1. The summed E-state index contributed by atoms with van der Waals surface area (Å²) in [5, 5.41) is 0. The van der Waals surface area contributed by atoms with Gasteiger partial charge in [0.25, 0.3) is 5.56 Å². The number of carbonyl (C=O) groups excluding carboxylic acids is 2. The second-order valence-electron chi connectivity index (χ2n) is 9.59. The zero-order valence-electron chi connectivity index (χ0n) is 24.5. The topological polar surface area (TPSA) is 119 Å². The monoisotopic (exact) mass is 602 g/mol. The number of rotatable bonds is 9. The van der Waals surface area contributed by atoms with Crippen molar-refractivity contribution in [1.29, 1.82) is 0 Å². The van der Waals surface area contributed by atoms with Crippen LogP contribution in [0.15, 0.2) is 74.0 Å². The Labute approximate surface area is 251 Å². The summed E-state index contributed by atoms with van der Waals surface area (Å²) < 4.78 is 29.4. The van der Waals surface area contributed by atoms with E-state index in [1.54, 1.807) is 62.4 Å². The molecule has 0 fully saturated rings. The van der Waals surface area contributed by atoms with Crippen molar-refractivity contribution in [3.05, 3.63) is 96.4 Å². The van der Waals surface area contributed by atoms with Gasteiger partial charge in [-0.2, -0.15) is 0 Å². The van der Waals surface area contributed by atoms with E-state index in [1.807, 2.05) is 6.07 Å². The summed E-state index contributed by atoms with van der Waals surface area (Å²) in [5.74, 6) is 1.58. The number of hydrogen-bond donors (Lipinski definition) is 0. The molecule has 2 aromatic carbocycles. The van der Waals surface area contributed by atoms with Crippen LogP contribution in [0.2, 0.25) is 0 Å². The van der Waals surface area contributed by atoms with E-state index in [-0.39, 0.29) is 17.8 Å². The Balaban J connectivity index is 1.65. The van der Waals surface area contributed by atoms with E-state index < -0.39 is 12.0 Å². The molecule has 3 heterocycles. The molecule has 0 amide bonds. The maximum Gasteiger partial charge on any atom is 0.337 e. The van der Waals surface area contributed by atoms with Crippen LogP contribution >= 0.6 is 11.3 Å². The zero-order valence-corrected chi connectivity index (χ0v) is 25.4. The Morgan fingerprint density at radius 1 is 1.02 bits per heavy atom. The van der Waals surface area contributed by atoms with Gasteiger partial charge in [-0.25, -0.2) is 9.79 Å². The van der Waals surface area contributed by atoms with Crippen molar-refractivity contribution < 1.29 is 33.0 Å². The third-order valence-corrected chi connectivity index (χ3v) is 8.10. The normalized spacial score (nSPS) is 14.7. The Bertz CT molecular complexity index is 1920. The SMILES string of the molecule is CCC(=O)C1=C(C)N=c2s/c(=C\c3ccc(-c4cccc(C(=O)OC)c4)o3)c(=O)n2C1c1cc(OC)c(OC)c(OC)c1. The van der Waals surface area contributed by atoms with Gasteiger partial charge < -0.3 is 23.4 Å². The van der Waals surface area contributed by atoms with E-state index in [2.05, 4.69) is 4.99 Å². The number of ether oxygens (including phenoxy) is 4. The summed E-state index contributed by atoms with van der Waals surface area (Å²) in [6, 6.07) is 13.1. The number of carbonyl (C=O) groups is 2. The van der Waals surface area contributed by atoms with Crippen LogP contribution in [0.3, 0.4) is 0 Å². The van der Waals surface area contributed by atoms with Crippen molar-refractivity contribution in [3.63, 3.8) is 0 Å². The van der Waals surface area contributed by atoms with E-state index in [4.69, 9.17) is 23.4 Å². The second kappa shape index (κ2) is 12.1. The van der Waals surface area contributed by atoms with Gasteiger partial charge in [-0.05, 0) is 48.9 Å². The molecule has 222 valence electrons. The number of benzene rings is 2. The molecule has 11 heteroatoms. The summed E-state index contributed by atoms with van der Waals surface area (Å²) in [4.78, 5) is 44.3. The standard InChI is InChI=1S/C32H30N2O8S/c1-7-22(35)27-17(2)33-32-34(28(27)20-14-24(38-3)29(40-5)25(15-20)39-4)30(36)26(43-32)16-21-11-12-23(42-21)18-9-8-10-19(13-18)31(37)41-6/h8-16,28H,7H2,1-6H3/b26-16-. The lowest BCUT2D eigenvalue weighted by Gasteiger charge is -2.26. The Hall–Kier alpha value is -4.90. The first kappa shape index (κ1) is 29.6. The van der Waals surface area contributed by atoms with Crippen LogP contribution in [0.5, 0.6) is 17.2 Å². The van der Waals surface area contributed by atoms with Crippen molar-refractivity contribution in [2.45, 2.75) is 26.3 Å². The number of allylic oxidation sites excluding steroid dienone is 2. The van der Waals surface area contributed by atoms with E-state index in [1.165, 1.54) is 44.3 Å². The van der Waals surface area contributed by atoms with Gasteiger partial charge in [0, 0.05) is 29.3 Å². The molecule has 0 aliphatic carbocycles. The third kappa shape index (κ3) is 5.39. The Morgan fingerprint density at radius 2 is 1.74 bits per heavy atom. The fourth-order valence-electron chi connectivity index (χ4n) is 5.07. The van der Waals surface area contributed by atoms with Gasteiger partial charge in [-0.3, -0.25) is 14.2 Å². The van der Waals surface area contributed by atoms with Crippen molar-refractivity contribution in [2.24, 2.45) is 4.99 Å². The lowest BCUT2D eigenvalue weighted by molar-refractivity contribution is -0.115. The molecule has 0 N–H and O–H groups in total. The molecule has 2 aromatic heterocycles. The number of esters is 1. The average Bonchev–Trinajstić information content (AvgIpc) is 3.62. The molecule has 10 nitrogen and oxygen atoms in total. The second-order valence-corrected chi connectivity index (χ2v) is 10.6. The third-order valence-electron chi connectivity index (χ3n) is 7.11. The van der Waals surface area contributed by atoms with E-state index in [9.17, 15) is 14.4 Å². The summed E-state index contributed by atoms with van der Waals surface area (Å²) in [5.41, 5.74) is 2.31. The van der Waals surface area contributed by atoms with Crippen LogP contribution in [0.25, 0.3) is 17.4 Å². The predicted molar refractivity (Wildman–Crippen MR) is 161 cm³/mol. The largest absolute Gasteiger partial charge is 0.493 e. The van der Waals surface area contributed by atoms with Crippen LogP contribution in [-0.4, -0.2) is 44.8 Å². The highest BCUT2D eigenvalue weighted by atomic mass is 32.1. The number of aromatic nitrogens is 1. The number of ketones is 1. The summed E-state index contributed by atoms with van der Waals surface area (Å²) in [7, 11) is 5.85. The number of Topliss-reactive ketones (excluding diaryl/α,β-unsaturated/α-hetero) is 1. The smallest absolute Gasteiger partial charge is 0.337 e. The van der Waals surface area contributed by atoms with Crippen LogP contribution in [0.4, 0.5) is 0 Å². The first-order valence-corrected chi connectivity index (χ1v) is 14.2. The van der Waals surface area contributed by atoms with Gasteiger partial charge >= 0.3 is 5.97 Å². The van der Waals surface area contributed by atoms with E-state index in [0.717, 1.165) is 0 Å². The van der Waals surface area contributed by atoms with E-state index in [0.29, 0.717) is 66.1 Å². The van der Waals surface area contributed by atoms with Gasteiger partial charge in [0.05, 0.1) is 44.6 Å². The molecular weight excluding hydrogens is 572 g/mol. The molecule has 0 bridgehead atoms. The fourth-order valence-corrected chi connectivity index (χ4v) is 6.10. The van der Waals surface area contributed by atoms with Gasteiger partial charge in [-0.15, -0.1) is 0 Å². The van der Waals surface area contributed by atoms with Crippen molar-refractivity contribution >= 4 is 29.2 Å². The van der Waals surface area contributed by atoms with Crippen molar-refractivity contribution in [2.75, 3.05) is 28.4 Å². The molecule has 43 heavy (non-hydrogen) atoms. The minimum Gasteiger partial charge on any atom is -0.493 e. The van der Waals surface area contributed by atoms with E-state index >= 15 is 0 Å². The van der Waals surface area contributed by atoms with Crippen LogP contribution < -0.4 is 29.1 Å². The summed E-state index contributed by atoms with van der Waals surface area (Å²) in [6.45, 7) is 3.54. The van der Waals surface area contributed by atoms with Gasteiger partial charge in [0.1, 0.15) is 11.5 Å². The summed E-state index contributed by atoms with van der Waals surface area (Å²) >= 11 is 1.20. The quantitative estimate of drug-likeness (QED) is 0.261. The highest BCUT2D eigenvalue weighted by Crippen LogP contribution is 2.42. The molecule has 0 saturated heterocycles. The number of fused-ring (bicyclic) bond motifs is 1. The van der Waals surface area contributed by atoms with Crippen molar-refractivity contribution in [3.8, 4) is 28.6 Å². The zero-order chi connectivity index (χ0) is 30.8. The highest BCUT2D eigenvalue weighted by Gasteiger charge is 2.33. The van der Waals surface area contributed by atoms with Crippen LogP contribution in [-0.2, 0) is 9.53 Å². The average molecular weight is 603 g/mol. The molecule has 5 rings (SSSR count). The predicted octanol–water partition coefficient (Wildman–Crippen LogP) is 4.29. The fraction of sp³-hybridized carbons (Fsp3) is 0.250. The number of hydrogen-bond acceptors (Lipinski definition) is 10. The molecule has 1 unspecified atom stereocenters. The first-order valence-electron chi connectivity index (χ1n) is 13.4. The Morgan fingerprint density at radius 3 is 2.37 bits per heavy atom. The molecule has 0 radical (unpaired) electrons. The minimum atomic E-state index is -0.771. The maximum atomic E-state index is 14.0. The molecule has 1 aliphatic rings. The van der Waals surface area contributed by atoms with Gasteiger partial charge in [0.15, 0.2) is 22.1 Å². The van der Waals surface area contributed by atoms with Crippen LogP contribution in [0.1, 0.15) is 48.0 Å². The maximum absolute atomic E-state index is 14.0. The minimum absolute atomic E-state index is 0.126.